The number of nitrogens with zero attached hydrogens (tertiary/aromatic N) is 1. The zero-order valence-corrected chi connectivity index (χ0v) is 23.1. The van der Waals surface area contributed by atoms with Gasteiger partial charge in [-0.15, -0.1) is 0 Å². The van der Waals surface area contributed by atoms with Crippen LogP contribution in [0.3, 0.4) is 0 Å². The highest BCUT2D eigenvalue weighted by atomic mass is 32.2. The van der Waals surface area contributed by atoms with Crippen LogP contribution >= 0.6 is 0 Å². The van der Waals surface area contributed by atoms with Crippen LogP contribution in [0.25, 0.3) is 22.3 Å². The van der Waals surface area contributed by atoms with Crippen LogP contribution in [0.2, 0.25) is 0 Å². The Labute approximate surface area is 229 Å². The summed E-state index contributed by atoms with van der Waals surface area (Å²) in [6, 6.07) is 17.5. The van der Waals surface area contributed by atoms with E-state index in [0.717, 1.165) is 5.56 Å². The number of hydrogen-bond acceptors (Lipinski definition) is 6. The molecule has 2 N–H and O–H groups in total. The van der Waals surface area contributed by atoms with Gasteiger partial charge in [-0.1, -0.05) is 18.2 Å². The monoisotopic (exact) mass is 569 g/mol. The molecule has 1 fully saturated rings. The zero-order valence-electron chi connectivity index (χ0n) is 21.4. The van der Waals surface area contributed by atoms with Crippen molar-refractivity contribution in [2.75, 3.05) is 31.1 Å². The van der Waals surface area contributed by atoms with Gasteiger partial charge in [0.15, 0.2) is 0 Å². The van der Waals surface area contributed by atoms with Gasteiger partial charge in [0.05, 0.1) is 27.5 Å². The number of piperidine rings is 1. The third-order valence-electron chi connectivity index (χ3n) is 6.88. The lowest BCUT2D eigenvalue weighted by Gasteiger charge is -2.33. The molecule has 2 atom stereocenters. The molecule has 204 valence electrons. The molecule has 3 aromatic carbocycles. The molecule has 4 aromatic rings. The molecule has 1 aromatic heterocycles. The van der Waals surface area contributed by atoms with E-state index in [-0.39, 0.29) is 34.6 Å². The quantitative estimate of drug-likeness (QED) is 0.307. The standard InChI is InChI=1S/C28H28FN3O5S2/c1-30-28(33)26-23-15-22(19-7-6-14-32(17-19)39(35,36)21-8-4-3-5-9-21)24(31-38(2)34)16-25(23)37-27(26)18-10-12-20(29)13-11-18/h3-5,8-13,15-16,19,31H,6-7,14,17H2,1-2H3,(H,30,33)/t19-,38?/m1/s1. The lowest BCUT2D eigenvalue weighted by atomic mass is 9.89. The Balaban J connectivity index is 1.63. The molecule has 0 saturated carbocycles. The number of halogens is 1. The molecule has 1 unspecified atom stereocenters. The van der Waals surface area contributed by atoms with Gasteiger partial charge < -0.3 is 14.3 Å². The predicted molar refractivity (Wildman–Crippen MR) is 150 cm³/mol. The summed E-state index contributed by atoms with van der Waals surface area (Å²) >= 11 is -1.42. The predicted octanol–water partition coefficient (Wildman–Crippen LogP) is 4.87. The van der Waals surface area contributed by atoms with E-state index in [4.69, 9.17) is 4.42 Å². The van der Waals surface area contributed by atoms with E-state index in [9.17, 15) is 22.2 Å². The summed E-state index contributed by atoms with van der Waals surface area (Å²) in [6.07, 6.45) is 2.84. The van der Waals surface area contributed by atoms with E-state index in [1.165, 1.54) is 41.9 Å². The number of furan rings is 1. The first-order valence-electron chi connectivity index (χ1n) is 12.4. The van der Waals surface area contributed by atoms with Crippen molar-refractivity contribution in [2.24, 2.45) is 0 Å². The molecule has 1 amide bonds. The zero-order chi connectivity index (χ0) is 27.7. The Bertz CT molecular complexity index is 1610. The van der Waals surface area contributed by atoms with Crippen molar-refractivity contribution in [3.63, 3.8) is 0 Å². The first-order valence-corrected chi connectivity index (χ1v) is 15.4. The minimum Gasteiger partial charge on any atom is -0.593 e. The number of nitrogens with one attached hydrogen (secondary N) is 2. The lowest BCUT2D eigenvalue weighted by Crippen LogP contribution is -2.39. The first-order chi connectivity index (χ1) is 18.7. The smallest absolute Gasteiger partial charge is 0.255 e. The summed E-state index contributed by atoms with van der Waals surface area (Å²) in [4.78, 5) is 13.3. The molecular weight excluding hydrogens is 541 g/mol. The number of benzene rings is 3. The number of carbonyl (C=O) groups is 1. The van der Waals surface area contributed by atoms with E-state index in [1.807, 2.05) is 6.07 Å². The third-order valence-corrected chi connectivity index (χ3v) is 9.27. The van der Waals surface area contributed by atoms with Crippen LogP contribution in [0.4, 0.5) is 10.1 Å². The average Bonchev–Trinajstić information content (AvgIpc) is 3.31. The molecule has 0 aliphatic carbocycles. The Kier molecular flexibility index (Phi) is 7.68. The van der Waals surface area contributed by atoms with Gasteiger partial charge >= 0.3 is 0 Å². The number of carbonyl (C=O) groups excluding carboxylic acids is 1. The van der Waals surface area contributed by atoms with Crippen LogP contribution < -0.4 is 10.0 Å². The van der Waals surface area contributed by atoms with Gasteiger partial charge in [0, 0.05) is 37.2 Å². The normalized spacial score (nSPS) is 17.2. The second kappa shape index (κ2) is 11.0. The van der Waals surface area contributed by atoms with Crippen molar-refractivity contribution >= 4 is 43.9 Å². The van der Waals surface area contributed by atoms with Gasteiger partial charge in [-0.3, -0.25) is 4.79 Å². The van der Waals surface area contributed by atoms with Crippen LogP contribution in [0, 0.1) is 5.82 Å². The number of anilines is 1. The van der Waals surface area contributed by atoms with Crippen molar-refractivity contribution in [3.8, 4) is 11.3 Å². The van der Waals surface area contributed by atoms with Crippen molar-refractivity contribution < 1.29 is 26.6 Å². The number of hydrogen-bond donors (Lipinski definition) is 2. The largest absolute Gasteiger partial charge is 0.593 e. The molecule has 0 radical (unpaired) electrons. The van der Waals surface area contributed by atoms with Gasteiger partial charge in [-0.05, 0) is 66.8 Å². The summed E-state index contributed by atoms with van der Waals surface area (Å²) in [7, 11) is -2.19. The van der Waals surface area contributed by atoms with Crippen LogP contribution in [-0.2, 0) is 21.4 Å². The highest BCUT2D eigenvalue weighted by Crippen LogP contribution is 2.41. The molecule has 39 heavy (non-hydrogen) atoms. The minimum absolute atomic E-state index is 0.227. The Morgan fingerprint density at radius 2 is 1.85 bits per heavy atom. The third kappa shape index (κ3) is 5.40. The van der Waals surface area contributed by atoms with Crippen LogP contribution in [0.15, 0.2) is 76.0 Å². The number of sulfonamides is 1. The van der Waals surface area contributed by atoms with Gasteiger partial charge in [-0.25, -0.2) is 17.5 Å². The fourth-order valence-electron chi connectivity index (χ4n) is 5.05. The topological polar surface area (TPSA) is 115 Å². The average molecular weight is 570 g/mol. The minimum atomic E-state index is -3.70. The van der Waals surface area contributed by atoms with E-state index in [0.29, 0.717) is 41.6 Å². The van der Waals surface area contributed by atoms with E-state index >= 15 is 0 Å². The molecule has 0 bridgehead atoms. The second-order valence-corrected chi connectivity index (χ2v) is 12.4. The van der Waals surface area contributed by atoms with Gasteiger partial charge in [0.1, 0.15) is 23.4 Å². The highest BCUT2D eigenvalue weighted by molar-refractivity contribution is 7.92. The molecule has 5 rings (SSSR count). The van der Waals surface area contributed by atoms with Gasteiger partial charge in [0.2, 0.25) is 10.0 Å². The van der Waals surface area contributed by atoms with Crippen molar-refractivity contribution in [3.05, 3.63) is 83.7 Å². The van der Waals surface area contributed by atoms with E-state index in [1.54, 1.807) is 36.4 Å². The maximum absolute atomic E-state index is 13.6. The maximum atomic E-state index is 13.6. The Morgan fingerprint density at radius 3 is 2.51 bits per heavy atom. The lowest BCUT2D eigenvalue weighted by molar-refractivity contribution is 0.0964. The number of fused-ring (bicyclic) bond motifs is 1. The van der Waals surface area contributed by atoms with Crippen molar-refractivity contribution in [1.29, 1.82) is 0 Å². The molecule has 1 aliphatic rings. The Morgan fingerprint density at radius 1 is 1.13 bits per heavy atom. The van der Waals surface area contributed by atoms with Crippen LogP contribution in [-0.4, -0.2) is 49.6 Å². The van der Waals surface area contributed by atoms with E-state index in [2.05, 4.69) is 10.0 Å². The van der Waals surface area contributed by atoms with Gasteiger partial charge in [-0.2, -0.15) is 4.31 Å². The van der Waals surface area contributed by atoms with Crippen molar-refractivity contribution in [1.82, 2.24) is 9.62 Å². The van der Waals surface area contributed by atoms with Crippen LogP contribution in [0.5, 0.6) is 0 Å². The van der Waals surface area contributed by atoms with Gasteiger partial charge in [0.25, 0.3) is 5.91 Å². The van der Waals surface area contributed by atoms with Crippen LogP contribution in [0.1, 0.15) is 34.7 Å². The molecule has 0 spiro atoms. The molecule has 1 aliphatic heterocycles. The fourth-order valence-corrected chi connectivity index (χ4v) is 7.08. The first kappa shape index (κ1) is 27.2. The summed E-state index contributed by atoms with van der Waals surface area (Å²) < 4.78 is 63.1. The molecule has 2 heterocycles. The Hall–Kier alpha value is -3.38. The highest BCUT2D eigenvalue weighted by Gasteiger charge is 2.33. The number of amides is 1. The summed E-state index contributed by atoms with van der Waals surface area (Å²) in [5.41, 5.74) is 2.47. The molecule has 1 saturated heterocycles. The SMILES string of the molecule is CNC(=O)c1c(-c2ccc(F)cc2)oc2cc(N[S+](C)[O-])c([C@@H]3CCCN(S(=O)(=O)c4ccccc4)C3)cc12. The second-order valence-electron chi connectivity index (χ2n) is 9.40. The summed E-state index contributed by atoms with van der Waals surface area (Å²) in [5.74, 6) is -0.741. The fraction of sp³-hybridized carbons (Fsp3) is 0.250. The van der Waals surface area contributed by atoms with Crippen molar-refractivity contribution in [2.45, 2.75) is 23.7 Å². The molecule has 11 heteroatoms. The maximum Gasteiger partial charge on any atom is 0.255 e. The number of rotatable bonds is 7. The molecule has 8 nitrogen and oxygen atoms in total. The van der Waals surface area contributed by atoms with E-state index < -0.39 is 27.2 Å². The molecular formula is C28H28FN3O5S2. The summed E-state index contributed by atoms with van der Waals surface area (Å²) in [5, 5.41) is 3.17. The summed E-state index contributed by atoms with van der Waals surface area (Å²) in [6.45, 7) is 0.619.